The topological polar surface area (TPSA) is 38.9 Å². The molecule has 1 aromatic carbocycles. The molecule has 14 heavy (non-hydrogen) atoms. The van der Waals surface area contributed by atoms with Crippen LogP contribution < -0.4 is 0 Å². The monoisotopic (exact) mass is 364 g/mol. The Morgan fingerprint density at radius 2 is 2.14 bits per heavy atom. The third-order valence-electron chi connectivity index (χ3n) is 1.64. The van der Waals surface area contributed by atoms with Gasteiger partial charge in [0.15, 0.2) is 5.82 Å². The summed E-state index contributed by atoms with van der Waals surface area (Å²) < 4.78 is 7.21. The number of benzene rings is 1. The number of aromatic nitrogens is 2. The fourth-order valence-corrected chi connectivity index (χ4v) is 2.68. The van der Waals surface area contributed by atoms with E-state index >= 15 is 0 Å². The molecule has 0 fully saturated rings. The lowest BCUT2D eigenvalue weighted by Gasteiger charge is -1.97. The zero-order chi connectivity index (χ0) is 10.1. The van der Waals surface area contributed by atoms with Crippen molar-refractivity contribution in [1.29, 1.82) is 0 Å². The molecule has 72 valence electrons. The Balaban J connectivity index is 2.51. The zero-order valence-electron chi connectivity index (χ0n) is 7.29. The molecule has 0 atom stereocenters. The van der Waals surface area contributed by atoms with Crippen molar-refractivity contribution in [2.75, 3.05) is 0 Å². The molecule has 0 radical (unpaired) electrons. The second kappa shape index (κ2) is 3.98. The summed E-state index contributed by atoms with van der Waals surface area (Å²) in [6, 6.07) is 5.97. The van der Waals surface area contributed by atoms with Crippen molar-refractivity contribution in [2.45, 2.75) is 6.92 Å². The molecule has 0 unspecified atom stereocenters. The first-order chi connectivity index (χ1) is 6.65. The van der Waals surface area contributed by atoms with Gasteiger partial charge < -0.3 is 4.52 Å². The third kappa shape index (κ3) is 2.14. The molecule has 0 spiro atoms. The van der Waals surface area contributed by atoms with Crippen LogP contribution in [0.1, 0.15) is 5.82 Å². The lowest BCUT2D eigenvalue weighted by Crippen LogP contribution is -1.80. The van der Waals surface area contributed by atoms with Gasteiger partial charge >= 0.3 is 0 Å². The van der Waals surface area contributed by atoms with Gasteiger partial charge in [0.2, 0.25) is 0 Å². The Morgan fingerprint density at radius 1 is 1.36 bits per heavy atom. The molecule has 0 N–H and O–H groups in total. The molecule has 3 nitrogen and oxygen atoms in total. The maximum absolute atomic E-state index is 5.08. The average molecular weight is 365 g/mol. The van der Waals surface area contributed by atoms with E-state index in [1.54, 1.807) is 6.92 Å². The normalized spacial score (nSPS) is 10.5. The number of hydrogen-bond acceptors (Lipinski definition) is 3. The van der Waals surface area contributed by atoms with E-state index in [1.807, 2.05) is 18.2 Å². The molecule has 0 amide bonds. The minimum atomic E-state index is 0.557. The standard InChI is InChI=1S/C9H6BrIN2O/c1-5-12-9(14-13-5)6-2-7(10)4-8(11)3-6/h2-4H,1H3. The van der Waals surface area contributed by atoms with Crippen LogP contribution in [0.3, 0.4) is 0 Å². The van der Waals surface area contributed by atoms with Crippen LogP contribution in [0.2, 0.25) is 0 Å². The Labute approximate surface area is 103 Å². The third-order valence-corrected chi connectivity index (χ3v) is 2.72. The lowest BCUT2D eigenvalue weighted by molar-refractivity contribution is 0.425. The number of hydrogen-bond donors (Lipinski definition) is 0. The summed E-state index contributed by atoms with van der Waals surface area (Å²) in [5.74, 6) is 1.21. The smallest absolute Gasteiger partial charge is 0.257 e. The van der Waals surface area contributed by atoms with E-state index in [-0.39, 0.29) is 0 Å². The van der Waals surface area contributed by atoms with E-state index in [0.29, 0.717) is 11.7 Å². The summed E-state index contributed by atoms with van der Waals surface area (Å²) in [5, 5.41) is 3.75. The Bertz CT molecular complexity index is 449. The molecule has 1 aromatic heterocycles. The van der Waals surface area contributed by atoms with Gasteiger partial charge in [0.1, 0.15) is 0 Å². The molecule has 0 aliphatic rings. The average Bonchev–Trinajstić information content (AvgIpc) is 2.50. The summed E-state index contributed by atoms with van der Waals surface area (Å²) in [7, 11) is 0. The van der Waals surface area contributed by atoms with Gasteiger partial charge in [-0.2, -0.15) is 4.98 Å². The van der Waals surface area contributed by atoms with E-state index in [1.165, 1.54) is 0 Å². The van der Waals surface area contributed by atoms with Gasteiger partial charge in [-0.25, -0.2) is 0 Å². The first-order valence-corrected chi connectivity index (χ1v) is 5.79. The van der Waals surface area contributed by atoms with Gasteiger partial charge in [0.05, 0.1) is 0 Å². The number of nitrogens with zero attached hydrogens (tertiary/aromatic N) is 2. The van der Waals surface area contributed by atoms with Crippen LogP contribution in [0.4, 0.5) is 0 Å². The summed E-state index contributed by atoms with van der Waals surface area (Å²) in [4.78, 5) is 4.16. The van der Waals surface area contributed by atoms with Gasteiger partial charge in [0.25, 0.3) is 5.89 Å². The molecule has 2 rings (SSSR count). The summed E-state index contributed by atoms with van der Waals surface area (Å²) in [5.41, 5.74) is 0.935. The SMILES string of the molecule is Cc1noc(-c2cc(Br)cc(I)c2)n1. The van der Waals surface area contributed by atoms with E-state index < -0.39 is 0 Å². The van der Waals surface area contributed by atoms with Gasteiger partial charge in [-0.3, -0.25) is 0 Å². The molecular weight excluding hydrogens is 359 g/mol. The van der Waals surface area contributed by atoms with Crippen LogP contribution in [-0.2, 0) is 0 Å². The molecule has 0 saturated carbocycles. The predicted molar refractivity (Wildman–Crippen MR) is 64.9 cm³/mol. The van der Waals surface area contributed by atoms with Crippen molar-refractivity contribution in [3.05, 3.63) is 32.1 Å². The first-order valence-electron chi connectivity index (χ1n) is 3.92. The highest BCUT2D eigenvalue weighted by atomic mass is 127. The van der Waals surface area contributed by atoms with Crippen molar-refractivity contribution < 1.29 is 4.52 Å². The number of aryl methyl sites for hydroxylation is 1. The molecule has 5 heteroatoms. The Kier molecular flexibility index (Phi) is 2.87. The molecule has 0 aliphatic carbocycles. The second-order valence-electron chi connectivity index (χ2n) is 2.80. The van der Waals surface area contributed by atoms with E-state index in [2.05, 4.69) is 48.7 Å². The summed E-state index contributed by atoms with van der Waals surface area (Å²) in [6.45, 7) is 1.80. The quantitative estimate of drug-likeness (QED) is 0.728. The molecular formula is C9H6BrIN2O. The molecule has 0 aliphatic heterocycles. The van der Waals surface area contributed by atoms with Crippen LogP contribution >= 0.6 is 38.5 Å². The number of halogens is 2. The van der Waals surface area contributed by atoms with Crippen LogP contribution in [-0.4, -0.2) is 10.1 Å². The van der Waals surface area contributed by atoms with Crippen molar-refractivity contribution in [2.24, 2.45) is 0 Å². The fraction of sp³-hybridized carbons (Fsp3) is 0.111. The van der Waals surface area contributed by atoms with Crippen molar-refractivity contribution in [1.82, 2.24) is 10.1 Å². The van der Waals surface area contributed by atoms with Gasteiger partial charge in [-0.15, -0.1) is 0 Å². The molecule has 0 saturated heterocycles. The Morgan fingerprint density at radius 3 is 2.71 bits per heavy atom. The van der Waals surface area contributed by atoms with Gasteiger partial charge in [-0.05, 0) is 47.7 Å². The fourth-order valence-electron chi connectivity index (χ4n) is 1.09. The molecule has 0 bridgehead atoms. The zero-order valence-corrected chi connectivity index (χ0v) is 11.0. The maximum Gasteiger partial charge on any atom is 0.257 e. The Hall–Kier alpha value is -0.430. The molecule has 2 aromatic rings. The van der Waals surface area contributed by atoms with Crippen molar-refractivity contribution in [3.63, 3.8) is 0 Å². The van der Waals surface area contributed by atoms with Crippen molar-refractivity contribution >= 4 is 38.5 Å². The second-order valence-corrected chi connectivity index (χ2v) is 4.97. The minimum Gasteiger partial charge on any atom is -0.334 e. The minimum absolute atomic E-state index is 0.557. The highest BCUT2D eigenvalue weighted by molar-refractivity contribution is 14.1. The highest BCUT2D eigenvalue weighted by Crippen LogP contribution is 2.24. The van der Waals surface area contributed by atoms with Crippen molar-refractivity contribution in [3.8, 4) is 11.5 Å². The van der Waals surface area contributed by atoms with Crippen LogP contribution in [0.5, 0.6) is 0 Å². The summed E-state index contributed by atoms with van der Waals surface area (Å²) in [6.07, 6.45) is 0. The first kappa shape index (κ1) is 10.1. The molecule has 1 heterocycles. The largest absolute Gasteiger partial charge is 0.334 e. The summed E-state index contributed by atoms with van der Waals surface area (Å²) >= 11 is 5.67. The maximum atomic E-state index is 5.08. The van der Waals surface area contributed by atoms with Crippen LogP contribution in [0.25, 0.3) is 11.5 Å². The van der Waals surface area contributed by atoms with Crippen LogP contribution in [0, 0.1) is 10.5 Å². The van der Waals surface area contributed by atoms with Gasteiger partial charge in [0, 0.05) is 13.6 Å². The van der Waals surface area contributed by atoms with Gasteiger partial charge in [-0.1, -0.05) is 21.1 Å². The van der Waals surface area contributed by atoms with E-state index in [4.69, 9.17) is 4.52 Å². The predicted octanol–water partition coefficient (Wildman–Crippen LogP) is 3.41. The number of rotatable bonds is 1. The van der Waals surface area contributed by atoms with Crippen LogP contribution in [0.15, 0.2) is 27.2 Å². The highest BCUT2D eigenvalue weighted by Gasteiger charge is 2.07. The lowest BCUT2D eigenvalue weighted by atomic mass is 10.2. The van der Waals surface area contributed by atoms with E-state index in [0.717, 1.165) is 13.6 Å². The van der Waals surface area contributed by atoms with E-state index in [9.17, 15) is 0 Å².